The Morgan fingerprint density at radius 1 is 0.977 bits per heavy atom. The van der Waals surface area contributed by atoms with Crippen LogP contribution in [0.1, 0.15) is 74.5 Å². The lowest BCUT2D eigenvalue weighted by molar-refractivity contribution is -0.137. The Morgan fingerprint density at radius 3 is 2.30 bits per heavy atom. The number of hydrogen-bond donors (Lipinski definition) is 0. The molecule has 11 heteroatoms. The van der Waals surface area contributed by atoms with E-state index in [4.69, 9.17) is 0 Å². The van der Waals surface area contributed by atoms with Crippen molar-refractivity contribution < 1.29 is 27.6 Å². The molecule has 3 heterocycles. The standard InChI is InChI=1S/C33H31F3N4O3S/c1-3-40(21(2)29(41)27-10-6-7-17-37-27)32(43)28-20-44-30(38-28)23-15-18-39(19-16-23)31(42)26-9-5-4-8-25(26)22-11-13-24(14-12-22)33(34,35)36/h4-14,17,20-21,23H,3,15-16,18-19H2,1-2H3. The third kappa shape index (κ3) is 6.57. The summed E-state index contributed by atoms with van der Waals surface area (Å²) in [5.41, 5.74) is 1.39. The fourth-order valence-corrected chi connectivity index (χ4v) is 6.40. The first-order chi connectivity index (χ1) is 21.1. The maximum Gasteiger partial charge on any atom is 0.416 e. The lowest BCUT2D eigenvalue weighted by Crippen LogP contribution is -2.43. The molecule has 1 fully saturated rings. The van der Waals surface area contributed by atoms with Gasteiger partial charge in [0.15, 0.2) is 0 Å². The van der Waals surface area contributed by atoms with Gasteiger partial charge in [0.25, 0.3) is 11.8 Å². The number of piperidine rings is 1. The van der Waals surface area contributed by atoms with Crippen molar-refractivity contribution in [3.63, 3.8) is 0 Å². The molecule has 1 aliphatic heterocycles. The summed E-state index contributed by atoms with van der Waals surface area (Å²) in [7, 11) is 0. The number of ketones is 1. The van der Waals surface area contributed by atoms with E-state index in [0.717, 1.165) is 17.1 Å². The Balaban J connectivity index is 1.23. The number of pyridine rings is 1. The number of alkyl halides is 3. The number of halogens is 3. The Bertz CT molecular complexity index is 1630. The van der Waals surface area contributed by atoms with E-state index in [2.05, 4.69) is 9.97 Å². The molecule has 0 spiro atoms. The Labute approximate surface area is 257 Å². The number of aromatic nitrogens is 2. The number of hydrogen-bond acceptors (Lipinski definition) is 6. The smallest absolute Gasteiger partial charge is 0.339 e. The predicted molar refractivity (Wildman–Crippen MR) is 162 cm³/mol. The molecule has 0 saturated carbocycles. The number of benzene rings is 2. The van der Waals surface area contributed by atoms with E-state index in [1.54, 1.807) is 65.9 Å². The summed E-state index contributed by atoms with van der Waals surface area (Å²) < 4.78 is 39.1. The molecule has 44 heavy (non-hydrogen) atoms. The minimum Gasteiger partial charge on any atom is -0.339 e. The van der Waals surface area contributed by atoms with Gasteiger partial charge in [0, 0.05) is 42.7 Å². The van der Waals surface area contributed by atoms with Crippen molar-refractivity contribution >= 4 is 28.9 Å². The van der Waals surface area contributed by atoms with Gasteiger partial charge >= 0.3 is 6.18 Å². The third-order valence-electron chi connectivity index (χ3n) is 7.92. The van der Waals surface area contributed by atoms with Gasteiger partial charge in [-0.05, 0) is 68.1 Å². The molecule has 2 aromatic carbocycles. The summed E-state index contributed by atoms with van der Waals surface area (Å²) >= 11 is 1.40. The first kappa shape index (κ1) is 31.1. The molecular formula is C33H31F3N4O3S. The molecule has 228 valence electrons. The van der Waals surface area contributed by atoms with Crippen LogP contribution in [-0.2, 0) is 6.18 Å². The van der Waals surface area contributed by atoms with Crippen molar-refractivity contribution in [3.05, 3.63) is 106 Å². The zero-order valence-corrected chi connectivity index (χ0v) is 25.1. The zero-order valence-electron chi connectivity index (χ0n) is 24.3. The normalized spacial score (nSPS) is 14.7. The van der Waals surface area contributed by atoms with Crippen LogP contribution >= 0.6 is 11.3 Å². The summed E-state index contributed by atoms with van der Waals surface area (Å²) in [6, 6.07) is 16.1. The van der Waals surface area contributed by atoms with Crippen molar-refractivity contribution in [3.8, 4) is 11.1 Å². The second kappa shape index (κ2) is 13.1. The molecule has 1 saturated heterocycles. The van der Waals surface area contributed by atoms with Crippen LogP contribution < -0.4 is 0 Å². The molecule has 4 aromatic rings. The lowest BCUT2D eigenvalue weighted by Gasteiger charge is -2.31. The van der Waals surface area contributed by atoms with Crippen molar-refractivity contribution in [2.45, 2.75) is 44.8 Å². The topological polar surface area (TPSA) is 83.5 Å². The van der Waals surface area contributed by atoms with Gasteiger partial charge in [-0.25, -0.2) is 4.98 Å². The minimum absolute atomic E-state index is 0.0680. The van der Waals surface area contributed by atoms with Crippen LogP contribution in [0.2, 0.25) is 0 Å². The fraction of sp³-hybridized carbons (Fsp3) is 0.303. The second-order valence-corrected chi connectivity index (χ2v) is 11.5. The van der Waals surface area contributed by atoms with Crippen molar-refractivity contribution in [1.29, 1.82) is 0 Å². The molecule has 0 radical (unpaired) electrons. The number of amides is 2. The molecule has 1 unspecified atom stereocenters. The number of Topliss-reactive ketones (excluding diaryl/α,β-unsaturated/α-hetero) is 1. The van der Waals surface area contributed by atoms with E-state index in [1.807, 2.05) is 6.92 Å². The Hall–Kier alpha value is -4.38. The van der Waals surface area contributed by atoms with E-state index in [0.29, 0.717) is 54.9 Å². The van der Waals surface area contributed by atoms with E-state index in [9.17, 15) is 27.6 Å². The molecule has 7 nitrogen and oxygen atoms in total. The second-order valence-electron chi connectivity index (χ2n) is 10.6. The Kier molecular flexibility index (Phi) is 9.24. The van der Waals surface area contributed by atoms with Crippen molar-refractivity contribution in [2.75, 3.05) is 19.6 Å². The van der Waals surface area contributed by atoms with Crippen LogP contribution in [0.15, 0.2) is 78.3 Å². The summed E-state index contributed by atoms with van der Waals surface area (Å²) in [6.07, 6.45) is -1.58. The molecule has 5 rings (SSSR count). The third-order valence-corrected chi connectivity index (χ3v) is 8.93. The molecule has 1 atom stereocenters. The summed E-state index contributed by atoms with van der Waals surface area (Å²) in [6.45, 7) is 4.79. The number of carbonyl (C=O) groups is 3. The number of carbonyl (C=O) groups excluding carboxylic acids is 3. The van der Waals surface area contributed by atoms with Gasteiger partial charge in [-0.2, -0.15) is 13.2 Å². The van der Waals surface area contributed by atoms with Gasteiger partial charge in [-0.15, -0.1) is 11.3 Å². The minimum atomic E-state index is -4.43. The monoisotopic (exact) mass is 620 g/mol. The molecule has 0 bridgehead atoms. The van der Waals surface area contributed by atoms with Gasteiger partial charge in [-0.1, -0.05) is 36.4 Å². The van der Waals surface area contributed by atoms with Crippen LogP contribution in [0.4, 0.5) is 13.2 Å². The molecular weight excluding hydrogens is 589 g/mol. The van der Waals surface area contributed by atoms with E-state index < -0.39 is 17.8 Å². The van der Waals surface area contributed by atoms with Gasteiger partial charge in [0.2, 0.25) is 5.78 Å². The predicted octanol–water partition coefficient (Wildman–Crippen LogP) is 6.98. The highest BCUT2D eigenvalue weighted by Gasteiger charge is 2.32. The number of nitrogens with zero attached hydrogens (tertiary/aromatic N) is 4. The lowest BCUT2D eigenvalue weighted by atomic mass is 9.94. The molecule has 0 aliphatic carbocycles. The van der Waals surface area contributed by atoms with Crippen LogP contribution in [0.25, 0.3) is 11.1 Å². The van der Waals surface area contributed by atoms with Gasteiger partial charge in [-0.3, -0.25) is 19.4 Å². The van der Waals surface area contributed by atoms with E-state index >= 15 is 0 Å². The number of rotatable bonds is 8. The van der Waals surface area contributed by atoms with Gasteiger partial charge in [0.1, 0.15) is 11.4 Å². The summed E-state index contributed by atoms with van der Waals surface area (Å²) in [5.74, 6) is -0.676. The number of likely N-dealkylation sites (N-methyl/N-ethyl adjacent to an activating group) is 1. The maximum absolute atomic E-state index is 13.5. The van der Waals surface area contributed by atoms with Crippen LogP contribution in [-0.4, -0.2) is 63.0 Å². The quantitative estimate of drug-likeness (QED) is 0.199. The molecule has 0 N–H and O–H groups in total. The van der Waals surface area contributed by atoms with Gasteiger partial charge in [0.05, 0.1) is 16.6 Å². The summed E-state index contributed by atoms with van der Waals surface area (Å²) in [5, 5.41) is 2.53. The zero-order chi connectivity index (χ0) is 31.4. The SMILES string of the molecule is CCN(C(=O)c1csc(C2CCN(C(=O)c3ccccc3-c3ccc(C(F)(F)F)cc3)CC2)n1)C(C)C(=O)c1ccccn1. The van der Waals surface area contributed by atoms with Crippen molar-refractivity contribution in [2.24, 2.45) is 0 Å². The van der Waals surface area contributed by atoms with Crippen LogP contribution in [0.3, 0.4) is 0 Å². The number of thiazole rings is 1. The average Bonchev–Trinajstić information content (AvgIpc) is 3.55. The van der Waals surface area contributed by atoms with E-state index in [1.165, 1.54) is 28.4 Å². The summed E-state index contributed by atoms with van der Waals surface area (Å²) in [4.78, 5) is 51.8. The highest BCUT2D eigenvalue weighted by molar-refractivity contribution is 7.09. The van der Waals surface area contributed by atoms with Crippen molar-refractivity contribution in [1.82, 2.24) is 19.8 Å². The van der Waals surface area contributed by atoms with Crippen LogP contribution in [0, 0.1) is 0 Å². The van der Waals surface area contributed by atoms with Crippen LogP contribution in [0.5, 0.6) is 0 Å². The first-order valence-corrected chi connectivity index (χ1v) is 15.2. The van der Waals surface area contributed by atoms with E-state index in [-0.39, 0.29) is 29.2 Å². The maximum atomic E-state index is 13.5. The highest BCUT2D eigenvalue weighted by atomic mass is 32.1. The molecule has 2 amide bonds. The molecule has 1 aliphatic rings. The average molecular weight is 621 g/mol. The highest BCUT2D eigenvalue weighted by Crippen LogP contribution is 2.34. The largest absolute Gasteiger partial charge is 0.416 e. The number of likely N-dealkylation sites (tertiary alicyclic amines) is 1. The Morgan fingerprint density at radius 2 is 1.66 bits per heavy atom. The molecule has 2 aromatic heterocycles. The van der Waals surface area contributed by atoms with Gasteiger partial charge < -0.3 is 9.80 Å². The fourth-order valence-electron chi connectivity index (χ4n) is 5.44. The first-order valence-electron chi connectivity index (χ1n) is 14.4.